The molecule has 1 aliphatic heterocycles. The fourth-order valence-electron chi connectivity index (χ4n) is 4.05. The van der Waals surface area contributed by atoms with Crippen molar-refractivity contribution >= 4 is 11.8 Å². The van der Waals surface area contributed by atoms with Crippen LogP contribution in [-0.4, -0.2) is 17.0 Å². The Morgan fingerprint density at radius 3 is 2.83 bits per heavy atom. The Hall–Kier alpha value is -1.65. The van der Waals surface area contributed by atoms with Gasteiger partial charge in [-0.05, 0) is 31.6 Å². The molecule has 2 unspecified atom stereocenters. The van der Waals surface area contributed by atoms with E-state index in [-0.39, 0.29) is 17.7 Å². The Balaban J connectivity index is 1.70. The van der Waals surface area contributed by atoms with Gasteiger partial charge in [-0.1, -0.05) is 44.2 Å². The molecule has 2 amide bonds. The average Bonchev–Trinajstić information content (AvgIpc) is 2.83. The Labute approximate surface area is 143 Å². The molecule has 24 heavy (non-hydrogen) atoms. The molecule has 1 aliphatic carbocycles. The van der Waals surface area contributed by atoms with Crippen LogP contribution in [0.2, 0.25) is 0 Å². The van der Waals surface area contributed by atoms with E-state index in [9.17, 15) is 9.59 Å². The third-order valence-corrected chi connectivity index (χ3v) is 5.44. The molecule has 1 aromatic rings. The molecule has 2 aliphatic rings. The summed E-state index contributed by atoms with van der Waals surface area (Å²) in [7, 11) is 0. The lowest BCUT2D eigenvalue weighted by Crippen LogP contribution is -2.39. The third kappa shape index (κ3) is 3.87. The Morgan fingerprint density at radius 1 is 1.17 bits per heavy atom. The predicted octanol–water partition coefficient (Wildman–Crippen LogP) is 3.66. The number of imide groups is 1. The molecule has 5 nitrogen and oxygen atoms in total. The van der Waals surface area contributed by atoms with Gasteiger partial charge >= 0.3 is 0 Å². The molecular formula is C19H28N2O3. The van der Waals surface area contributed by atoms with Gasteiger partial charge in [0.05, 0.1) is 11.6 Å². The van der Waals surface area contributed by atoms with Gasteiger partial charge in [0.25, 0.3) is 0 Å². The first-order chi connectivity index (χ1) is 11.7. The molecule has 3 rings (SSSR count). The zero-order valence-electron chi connectivity index (χ0n) is 14.6. The van der Waals surface area contributed by atoms with Gasteiger partial charge in [-0.15, -0.1) is 0 Å². The Kier molecular flexibility index (Phi) is 5.69. The molecule has 2 atom stereocenters. The number of aryl methyl sites for hydroxylation is 1. The molecule has 5 heteroatoms. The van der Waals surface area contributed by atoms with Crippen LogP contribution < -0.4 is 5.32 Å². The Morgan fingerprint density at radius 2 is 2.04 bits per heavy atom. The zero-order valence-corrected chi connectivity index (χ0v) is 14.6. The van der Waals surface area contributed by atoms with Gasteiger partial charge in [0, 0.05) is 18.4 Å². The number of nitrogens with one attached hydrogen (secondary N) is 1. The van der Waals surface area contributed by atoms with Crippen molar-refractivity contribution in [2.45, 2.75) is 83.5 Å². The zero-order chi connectivity index (χ0) is 16.9. The smallest absolute Gasteiger partial charge is 0.235 e. The minimum absolute atomic E-state index is 0.181. The van der Waals surface area contributed by atoms with E-state index in [0.717, 1.165) is 36.3 Å². The van der Waals surface area contributed by atoms with E-state index in [1.165, 1.54) is 38.5 Å². The number of nitrogens with zero attached hydrogens (tertiary/aromatic N) is 1. The number of amides is 2. The van der Waals surface area contributed by atoms with Crippen molar-refractivity contribution < 1.29 is 14.1 Å². The summed E-state index contributed by atoms with van der Waals surface area (Å²) in [6.07, 6.45) is 11.6. The van der Waals surface area contributed by atoms with Gasteiger partial charge in [0.1, 0.15) is 5.76 Å². The quantitative estimate of drug-likeness (QED) is 0.490. The molecule has 1 N–H and O–H groups in total. The van der Waals surface area contributed by atoms with Crippen molar-refractivity contribution in [1.29, 1.82) is 0 Å². The van der Waals surface area contributed by atoms with Crippen LogP contribution in [0.4, 0.5) is 0 Å². The van der Waals surface area contributed by atoms with E-state index in [4.69, 9.17) is 4.52 Å². The lowest BCUT2D eigenvalue weighted by molar-refractivity contribution is -0.134. The molecule has 1 aromatic heterocycles. The second-order valence-corrected chi connectivity index (χ2v) is 7.28. The van der Waals surface area contributed by atoms with E-state index in [0.29, 0.717) is 18.8 Å². The highest BCUT2D eigenvalue weighted by atomic mass is 16.5. The number of carbonyl (C=O) groups excluding carboxylic acids is 2. The van der Waals surface area contributed by atoms with Crippen LogP contribution in [0.25, 0.3) is 0 Å². The highest BCUT2D eigenvalue weighted by Gasteiger charge is 2.34. The topological polar surface area (TPSA) is 72.2 Å². The maximum atomic E-state index is 12.2. The second-order valence-electron chi connectivity index (χ2n) is 7.28. The number of hydrogen-bond donors (Lipinski definition) is 1. The van der Waals surface area contributed by atoms with Crippen molar-refractivity contribution in [2.75, 3.05) is 0 Å². The lowest BCUT2D eigenvalue weighted by atomic mass is 9.87. The molecule has 1 saturated heterocycles. The fraction of sp³-hybridized carbons (Fsp3) is 0.737. The fourth-order valence-corrected chi connectivity index (χ4v) is 4.05. The maximum absolute atomic E-state index is 12.2. The molecule has 2 heterocycles. The van der Waals surface area contributed by atoms with Gasteiger partial charge in [-0.3, -0.25) is 14.9 Å². The maximum Gasteiger partial charge on any atom is 0.235 e. The number of rotatable bonds is 6. The first kappa shape index (κ1) is 17.2. The third-order valence-electron chi connectivity index (χ3n) is 5.44. The lowest BCUT2D eigenvalue weighted by Gasteiger charge is -2.20. The Bertz CT molecular complexity index is 593. The molecule has 0 radical (unpaired) electrons. The van der Waals surface area contributed by atoms with Crippen molar-refractivity contribution in [3.05, 3.63) is 17.0 Å². The summed E-state index contributed by atoms with van der Waals surface area (Å²) in [5.74, 6) is 0.903. The predicted molar refractivity (Wildman–Crippen MR) is 90.5 cm³/mol. The van der Waals surface area contributed by atoms with Crippen LogP contribution in [0.15, 0.2) is 4.52 Å². The highest BCUT2D eigenvalue weighted by Crippen LogP contribution is 2.35. The molecule has 132 valence electrons. The first-order valence-electron chi connectivity index (χ1n) is 9.50. The van der Waals surface area contributed by atoms with Crippen LogP contribution in [0, 0.1) is 5.92 Å². The molecule has 1 fully saturated rings. The number of unbranched alkanes of at least 4 members (excludes halogenated alkanes) is 3. The normalized spacial score (nSPS) is 24.4. The van der Waals surface area contributed by atoms with Gasteiger partial charge in [0.15, 0.2) is 0 Å². The molecular weight excluding hydrogens is 304 g/mol. The highest BCUT2D eigenvalue weighted by molar-refractivity contribution is 6.00. The summed E-state index contributed by atoms with van der Waals surface area (Å²) in [4.78, 5) is 23.6. The average molecular weight is 332 g/mol. The summed E-state index contributed by atoms with van der Waals surface area (Å²) in [6.45, 7) is 2.24. The van der Waals surface area contributed by atoms with E-state index in [1.807, 2.05) is 0 Å². The number of fused-ring (bicyclic) bond motifs is 1. The van der Waals surface area contributed by atoms with Crippen molar-refractivity contribution in [3.63, 3.8) is 0 Å². The molecule has 0 aromatic carbocycles. The van der Waals surface area contributed by atoms with Crippen LogP contribution in [0.1, 0.15) is 87.6 Å². The van der Waals surface area contributed by atoms with Gasteiger partial charge < -0.3 is 4.52 Å². The number of aromatic nitrogens is 1. The van der Waals surface area contributed by atoms with Gasteiger partial charge in [-0.25, -0.2) is 0 Å². The largest absolute Gasteiger partial charge is 0.361 e. The van der Waals surface area contributed by atoms with Crippen molar-refractivity contribution in [1.82, 2.24) is 10.5 Å². The SMILES string of the molecule is CCCCCCC1CCCc2onc(C3CCC(=O)NC3=O)c2C1. The summed E-state index contributed by atoms with van der Waals surface area (Å²) in [6, 6.07) is 0. The summed E-state index contributed by atoms with van der Waals surface area (Å²) in [5, 5.41) is 6.68. The summed E-state index contributed by atoms with van der Waals surface area (Å²) in [5.41, 5.74) is 1.94. The van der Waals surface area contributed by atoms with E-state index in [2.05, 4.69) is 17.4 Å². The molecule has 0 bridgehead atoms. The van der Waals surface area contributed by atoms with Crippen LogP contribution in [0.5, 0.6) is 0 Å². The number of piperidine rings is 1. The number of carbonyl (C=O) groups is 2. The minimum Gasteiger partial charge on any atom is -0.361 e. The standard InChI is InChI=1S/C19H28N2O3/c1-2-3-4-5-7-13-8-6-9-16-15(12-13)18(21-24-16)14-10-11-17(22)20-19(14)23/h13-14H,2-12H2,1H3,(H,20,22,23). The number of hydrogen-bond acceptors (Lipinski definition) is 4. The van der Waals surface area contributed by atoms with E-state index in [1.54, 1.807) is 0 Å². The molecule has 0 spiro atoms. The van der Waals surface area contributed by atoms with Gasteiger partial charge in [0.2, 0.25) is 11.8 Å². The summed E-state index contributed by atoms with van der Waals surface area (Å²) >= 11 is 0. The van der Waals surface area contributed by atoms with Crippen LogP contribution in [-0.2, 0) is 22.4 Å². The van der Waals surface area contributed by atoms with Crippen molar-refractivity contribution in [3.8, 4) is 0 Å². The van der Waals surface area contributed by atoms with E-state index < -0.39 is 0 Å². The first-order valence-corrected chi connectivity index (χ1v) is 9.50. The van der Waals surface area contributed by atoms with E-state index >= 15 is 0 Å². The summed E-state index contributed by atoms with van der Waals surface area (Å²) < 4.78 is 5.57. The van der Waals surface area contributed by atoms with Crippen LogP contribution >= 0.6 is 0 Å². The van der Waals surface area contributed by atoms with Crippen LogP contribution in [0.3, 0.4) is 0 Å². The minimum atomic E-state index is -0.325. The molecule has 0 saturated carbocycles. The second kappa shape index (κ2) is 7.95. The monoisotopic (exact) mass is 332 g/mol. The van der Waals surface area contributed by atoms with Gasteiger partial charge in [-0.2, -0.15) is 0 Å². The van der Waals surface area contributed by atoms with Crippen molar-refractivity contribution in [2.24, 2.45) is 5.92 Å².